The van der Waals surface area contributed by atoms with Crippen LogP contribution in [0.3, 0.4) is 0 Å². The Hall–Kier alpha value is -1.92. The average molecular weight is 390 g/mol. The molecule has 0 unspecified atom stereocenters. The molecule has 0 N–H and O–H groups in total. The number of ether oxygens (including phenoxy) is 2. The standard InChI is InChI=1S/C22H30O6/c1-13-6-9-20(25-16(4)23)22(5)11-10-18(27-28-22)14(2)7-8-17-15(3)21(24)26-19(17)12-13/h7,12,17-20H,3,6,8-11H2,1-2,4-5H3/b13-12+,14-7+/t17-,18-,19-,20-,22-/m0/s1. The molecule has 0 saturated carbocycles. The predicted octanol–water partition coefficient (Wildman–Crippen LogP) is 3.96. The lowest BCUT2D eigenvalue weighted by Crippen LogP contribution is -2.49. The van der Waals surface area contributed by atoms with Gasteiger partial charge in [-0.3, -0.25) is 4.79 Å². The first-order valence-corrected chi connectivity index (χ1v) is 9.95. The van der Waals surface area contributed by atoms with Gasteiger partial charge in [0.15, 0.2) is 0 Å². The van der Waals surface area contributed by atoms with E-state index in [9.17, 15) is 9.59 Å². The maximum absolute atomic E-state index is 12.0. The van der Waals surface area contributed by atoms with Crippen LogP contribution in [0, 0.1) is 5.92 Å². The van der Waals surface area contributed by atoms with Gasteiger partial charge in [0.2, 0.25) is 0 Å². The van der Waals surface area contributed by atoms with Crippen LogP contribution in [0.2, 0.25) is 0 Å². The van der Waals surface area contributed by atoms with Crippen LogP contribution < -0.4 is 0 Å². The molecule has 3 heterocycles. The number of carbonyl (C=O) groups is 2. The Morgan fingerprint density at radius 2 is 2.07 bits per heavy atom. The van der Waals surface area contributed by atoms with Crippen LogP contribution in [0.25, 0.3) is 0 Å². The average Bonchev–Trinajstić information content (AvgIpc) is 2.89. The van der Waals surface area contributed by atoms with E-state index in [-0.39, 0.29) is 30.1 Å². The fourth-order valence-corrected chi connectivity index (χ4v) is 4.11. The van der Waals surface area contributed by atoms with Crippen molar-refractivity contribution in [2.24, 2.45) is 5.92 Å². The van der Waals surface area contributed by atoms with E-state index in [0.717, 1.165) is 24.0 Å². The summed E-state index contributed by atoms with van der Waals surface area (Å²) >= 11 is 0. The topological polar surface area (TPSA) is 71.1 Å². The van der Waals surface area contributed by atoms with Crippen molar-refractivity contribution in [3.8, 4) is 0 Å². The Morgan fingerprint density at radius 1 is 1.32 bits per heavy atom. The molecule has 5 atom stereocenters. The zero-order valence-corrected chi connectivity index (χ0v) is 17.2. The highest BCUT2D eigenvalue weighted by Gasteiger charge is 2.44. The zero-order valence-electron chi connectivity index (χ0n) is 17.2. The zero-order chi connectivity index (χ0) is 20.5. The lowest BCUT2D eigenvalue weighted by atomic mass is 9.85. The molecule has 1 aliphatic carbocycles. The van der Waals surface area contributed by atoms with Crippen molar-refractivity contribution in [2.45, 2.75) is 83.7 Å². The van der Waals surface area contributed by atoms with Crippen LogP contribution in [0.5, 0.6) is 0 Å². The van der Waals surface area contributed by atoms with Gasteiger partial charge in [-0.2, -0.15) is 0 Å². The van der Waals surface area contributed by atoms with E-state index >= 15 is 0 Å². The summed E-state index contributed by atoms with van der Waals surface area (Å²) < 4.78 is 11.1. The minimum absolute atomic E-state index is 0.0839. The maximum Gasteiger partial charge on any atom is 0.334 e. The quantitative estimate of drug-likeness (QED) is 0.292. The van der Waals surface area contributed by atoms with E-state index < -0.39 is 11.7 Å². The molecule has 2 bridgehead atoms. The van der Waals surface area contributed by atoms with E-state index in [1.165, 1.54) is 6.92 Å². The SMILES string of the molecule is C=C1C(=O)O[C@H]2/C=C(\C)CC[C@H](OC(C)=O)[C@]3(C)CC[C@H](OO3)/C(C)=C/C[C@@H]12. The maximum atomic E-state index is 12.0. The second-order valence-corrected chi connectivity index (χ2v) is 8.35. The van der Waals surface area contributed by atoms with Gasteiger partial charge in [-0.1, -0.05) is 18.2 Å². The second kappa shape index (κ2) is 8.21. The molecule has 2 saturated heterocycles. The smallest absolute Gasteiger partial charge is 0.334 e. The molecule has 0 aromatic rings. The van der Waals surface area contributed by atoms with Crippen molar-refractivity contribution < 1.29 is 28.8 Å². The highest BCUT2D eigenvalue weighted by molar-refractivity contribution is 5.91. The normalized spacial score (nSPS) is 40.4. The largest absolute Gasteiger partial charge is 0.459 e. The molecule has 0 aromatic heterocycles. The number of esters is 2. The number of hydrogen-bond donors (Lipinski definition) is 0. The molecule has 154 valence electrons. The van der Waals surface area contributed by atoms with Gasteiger partial charge in [0.05, 0.1) is 0 Å². The van der Waals surface area contributed by atoms with Gasteiger partial charge >= 0.3 is 11.9 Å². The highest BCUT2D eigenvalue weighted by atomic mass is 17.2. The third kappa shape index (κ3) is 4.39. The molecular weight excluding hydrogens is 360 g/mol. The lowest BCUT2D eigenvalue weighted by Gasteiger charge is -2.41. The summed E-state index contributed by atoms with van der Waals surface area (Å²) in [6.07, 6.45) is 6.66. The summed E-state index contributed by atoms with van der Waals surface area (Å²) in [5.74, 6) is -0.753. The first kappa shape index (κ1) is 20.8. The van der Waals surface area contributed by atoms with Crippen LogP contribution in [0.4, 0.5) is 0 Å². The first-order valence-electron chi connectivity index (χ1n) is 9.95. The molecule has 0 spiro atoms. The molecule has 0 radical (unpaired) electrons. The van der Waals surface area contributed by atoms with Crippen LogP contribution in [-0.4, -0.2) is 35.9 Å². The summed E-state index contributed by atoms with van der Waals surface area (Å²) in [6, 6.07) is 0. The first-order chi connectivity index (χ1) is 13.2. The Labute approximate surface area is 166 Å². The third-order valence-corrected chi connectivity index (χ3v) is 6.05. The Morgan fingerprint density at radius 3 is 2.71 bits per heavy atom. The molecule has 0 aromatic carbocycles. The van der Waals surface area contributed by atoms with E-state index in [2.05, 4.69) is 12.7 Å². The van der Waals surface area contributed by atoms with E-state index in [4.69, 9.17) is 19.2 Å². The second-order valence-electron chi connectivity index (χ2n) is 8.35. The summed E-state index contributed by atoms with van der Waals surface area (Å²) in [6.45, 7) is 11.3. The molecule has 6 nitrogen and oxygen atoms in total. The monoisotopic (exact) mass is 390 g/mol. The Balaban J connectivity index is 1.91. The third-order valence-electron chi connectivity index (χ3n) is 6.05. The molecule has 3 aliphatic heterocycles. The minimum atomic E-state index is -0.691. The van der Waals surface area contributed by atoms with E-state index in [0.29, 0.717) is 24.8 Å². The van der Waals surface area contributed by atoms with Crippen LogP contribution >= 0.6 is 0 Å². The van der Waals surface area contributed by atoms with Gasteiger partial charge in [0.25, 0.3) is 0 Å². The summed E-state index contributed by atoms with van der Waals surface area (Å²) in [5, 5.41) is 0. The van der Waals surface area contributed by atoms with Crippen LogP contribution in [-0.2, 0) is 28.8 Å². The van der Waals surface area contributed by atoms with Crippen molar-refractivity contribution in [1.29, 1.82) is 0 Å². The minimum Gasteiger partial charge on any atom is -0.459 e. The number of carbonyl (C=O) groups excluding carboxylic acids is 2. The molecule has 6 heteroatoms. The molecule has 4 rings (SSSR count). The van der Waals surface area contributed by atoms with Crippen molar-refractivity contribution in [2.75, 3.05) is 0 Å². The predicted molar refractivity (Wildman–Crippen MR) is 103 cm³/mol. The number of allylic oxidation sites excluding steroid dienone is 2. The van der Waals surface area contributed by atoms with Crippen LogP contribution in [0.1, 0.15) is 59.8 Å². The number of hydrogen-bond acceptors (Lipinski definition) is 6. The van der Waals surface area contributed by atoms with E-state index in [1.54, 1.807) is 0 Å². The van der Waals surface area contributed by atoms with Crippen LogP contribution in [0.15, 0.2) is 35.5 Å². The highest BCUT2D eigenvalue weighted by Crippen LogP contribution is 2.38. The molecule has 4 aliphatic rings. The van der Waals surface area contributed by atoms with Gasteiger partial charge in [-0.15, -0.1) is 0 Å². The van der Waals surface area contributed by atoms with Gasteiger partial charge in [-0.25, -0.2) is 14.6 Å². The Bertz CT molecular complexity index is 711. The Kier molecular flexibility index (Phi) is 6.10. The van der Waals surface area contributed by atoms with E-state index in [1.807, 2.05) is 26.8 Å². The molecule has 28 heavy (non-hydrogen) atoms. The fourth-order valence-electron chi connectivity index (χ4n) is 4.11. The number of fused-ring (bicyclic) bond motifs is 6. The van der Waals surface area contributed by atoms with Crippen molar-refractivity contribution in [3.05, 3.63) is 35.5 Å². The van der Waals surface area contributed by atoms with Gasteiger partial charge in [-0.05, 0) is 64.5 Å². The summed E-state index contributed by atoms with van der Waals surface area (Å²) in [7, 11) is 0. The summed E-state index contributed by atoms with van der Waals surface area (Å²) in [4.78, 5) is 35.2. The van der Waals surface area contributed by atoms with Gasteiger partial charge in [0, 0.05) is 18.4 Å². The molecular formula is C22H30O6. The van der Waals surface area contributed by atoms with Crippen molar-refractivity contribution in [1.82, 2.24) is 0 Å². The number of rotatable bonds is 1. The molecule has 2 fully saturated rings. The fraction of sp³-hybridized carbons (Fsp3) is 0.636. The lowest BCUT2D eigenvalue weighted by molar-refractivity contribution is -0.412. The van der Waals surface area contributed by atoms with Gasteiger partial charge in [0.1, 0.15) is 23.9 Å². The summed E-state index contributed by atoms with van der Waals surface area (Å²) in [5.41, 5.74) is 1.94. The van der Waals surface area contributed by atoms with Crippen molar-refractivity contribution >= 4 is 11.9 Å². The van der Waals surface area contributed by atoms with Crippen molar-refractivity contribution in [3.63, 3.8) is 0 Å². The van der Waals surface area contributed by atoms with Gasteiger partial charge < -0.3 is 9.47 Å². The molecule has 0 amide bonds.